The number of aliphatic carboxylic acids is 1. The molecule has 1 heterocycles. The van der Waals surface area contributed by atoms with Crippen LogP contribution in [0.1, 0.15) is 0 Å². The first kappa shape index (κ1) is 9.79. The maximum absolute atomic E-state index is 10.7. The van der Waals surface area contributed by atoms with Gasteiger partial charge in [-0.15, -0.1) is 0 Å². The smallest absolute Gasteiger partial charge is 0.408 e. The van der Waals surface area contributed by atoms with Gasteiger partial charge in [0.1, 0.15) is 6.04 Å². The van der Waals surface area contributed by atoms with Gasteiger partial charge in [0.2, 0.25) is 0 Å². The van der Waals surface area contributed by atoms with Crippen LogP contribution in [-0.2, 0) is 4.79 Å². The minimum Gasteiger partial charge on any atom is -0.480 e. The number of likely N-dealkylation sites (N-methyl/N-ethyl adjacent to an activating group) is 1. The van der Waals surface area contributed by atoms with Crippen molar-refractivity contribution in [2.45, 2.75) is 6.04 Å². The van der Waals surface area contributed by atoms with Gasteiger partial charge in [0.05, 0.1) is 0 Å². The average molecular weight is 188 g/mol. The summed E-state index contributed by atoms with van der Waals surface area (Å²) in [4.78, 5) is 24.1. The Morgan fingerprint density at radius 2 is 1.92 bits per heavy atom. The summed E-state index contributed by atoms with van der Waals surface area (Å²) >= 11 is 0. The monoisotopic (exact) mass is 188 g/mol. The molecule has 6 heteroatoms. The van der Waals surface area contributed by atoms with Gasteiger partial charge in [-0.3, -0.25) is 4.90 Å². The van der Waals surface area contributed by atoms with Gasteiger partial charge in [0.15, 0.2) is 0 Å². The third-order valence-corrected chi connectivity index (χ3v) is 2.11. The van der Waals surface area contributed by atoms with Crippen molar-refractivity contribution in [1.82, 2.24) is 9.80 Å². The summed E-state index contributed by atoms with van der Waals surface area (Å²) in [5.74, 6) is -1.09. The zero-order chi connectivity index (χ0) is 10.0. The fourth-order valence-corrected chi connectivity index (χ4v) is 1.36. The normalized spacial score (nSPS) is 24.4. The summed E-state index contributed by atoms with van der Waals surface area (Å²) in [6.07, 6.45) is -1.17. The van der Waals surface area contributed by atoms with Crippen molar-refractivity contribution in [2.75, 3.05) is 26.7 Å². The van der Waals surface area contributed by atoms with Crippen molar-refractivity contribution in [3.05, 3.63) is 0 Å². The second-order valence-electron chi connectivity index (χ2n) is 3.09. The summed E-state index contributed by atoms with van der Waals surface area (Å²) in [6.45, 7) is 1.08. The first-order valence-corrected chi connectivity index (χ1v) is 3.93. The molecule has 0 aromatic rings. The molecular weight excluding hydrogens is 176 g/mol. The standard InChI is InChI=1S/C7H12N2O4/c1-8-2-3-9(7(12)13)5(4-8)6(10)11/h5H,2-4H2,1H3,(H,10,11)(H,12,13). The van der Waals surface area contributed by atoms with Crippen LogP contribution in [-0.4, -0.2) is 64.8 Å². The van der Waals surface area contributed by atoms with Crippen molar-refractivity contribution in [1.29, 1.82) is 0 Å². The molecule has 0 aromatic carbocycles. The van der Waals surface area contributed by atoms with Crippen molar-refractivity contribution >= 4 is 12.1 Å². The number of carboxylic acids is 1. The van der Waals surface area contributed by atoms with E-state index in [-0.39, 0.29) is 13.1 Å². The Labute approximate surface area is 75.4 Å². The van der Waals surface area contributed by atoms with Crippen LogP contribution in [0.15, 0.2) is 0 Å². The molecule has 0 bridgehead atoms. The second kappa shape index (κ2) is 3.61. The number of carboxylic acid groups (broad SMARTS) is 2. The largest absolute Gasteiger partial charge is 0.480 e. The van der Waals surface area contributed by atoms with E-state index in [4.69, 9.17) is 10.2 Å². The van der Waals surface area contributed by atoms with Gasteiger partial charge >= 0.3 is 12.1 Å². The van der Waals surface area contributed by atoms with Crippen LogP contribution < -0.4 is 0 Å². The van der Waals surface area contributed by atoms with Gasteiger partial charge in [-0.1, -0.05) is 0 Å². The lowest BCUT2D eigenvalue weighted by Crippen LogP contribution is -2.56. The van der Waals surface area contributed by atoms with E-state index in [9.17, 15) is 9.59 Å². The molecule has 0 spiro atoms. The third-order valence-electron chi connectivity index (χ3n) is 2.11. The van der Waals surface area contributed by atoms with Crippen LogP contribution in [0, 0.1) is 0 Å². The SMILES string of the molecule is CN1CCN(C(=O)O)C(C(=O)O)C1. The number of carbonyl (C=O) groups is 2. The molecule has 1 aliphatic heterocycles. The number of nitrogens with zero attached hydrogens (tertiary/aromatic N) is 2. The summed E-state index contributed by atoms with van der Waals surface area (Å²) in [5, 5.41) is 17.4. The number of hydrogen-bond donors (Lipinski definition) is 2. The Morgan fingerprint density at radius 3 is 2.38 bits per heavy atom. The Balaban J connectivity index is 2.72. The van der Waals surface area contributed by atoms with Crippen molar-refractivity contribution < 1.29 is 19.8 Å². The van der Waals surface area contributed by atoms with Crippen LogP contribution in [0.4, 0.5) is 4.79 Å². The van der Waals surface area contributed by atoms with E-state index in [2.05, 4.69) is 0 Å². The molecule has 1 amide bonds. The molecule has 0 aromatic heterocycles. The molecule has 74 valence electrons. The molecule has 0 radical (unpaired) electrons. The molecule has 13 heavy (non-hydrogen) atoms. The highest BCUT2D eigenvalue weighted by Gasteiger charge is 2.33. The summed E-state index contributed by atoms with van der Waals surface area (Å²) in [5.41, 5.74) is 0. The lowest BCUT2D eigenvalue weighted by Gasteiger charge is -2.35. The molecule has 0 aliphatic carbocycles. The number of hydrogen-bond acceptors (Lipinski definition) is 3. The molecule has 1 atom stereocenters. The van der Waals surface area contributed by atoms with E-state index < -0.39 is 18.1 Å². The number of amides is 1. The van der Waals surface area contributed by atoms with Crippen LogP contribution in [0.3, 0.4) is 0 Å². The van der Waals surface area contributed by atoms with Gasteiger partial charge in [0, 0.05) is 19.6 Å². The minimum absolute atomic E-state index is 0.252. The van der Waals surface area contributed by atoms with Crippen molar-refractivity contribution in [3.8, 4) is 0 Å². The lowest BCUT2D eigenvalue weighted by molar-refractivity contribution is -0.144. The van der Waals surface area contributed by atoms with E-state index in [1.165, 1.54) is 0 Å². The lowest BCUT2D eigenvalue weighted by atomic mass is 10.2. The van der Waals surface area contributed by atoms with Gasteiger partial charge in [-0.25, -0.2) is 9.59 Å². The van der Waals surface area contributed by atoms with Crippen LogP contribution >= 0.6 is 0 Å². The first-order chi connectivity index (χ1) is 6.02. The average Bonchev–Trinajstić information content (AvgIpc) is 2.03. The molecule has 1 rings (SSSR count). The Kier molecular flexibility index (Phi) is 2.72. The van der Waals surface area contributed by atoms with Gasteiger partial charge in [-0.2, -0.15) is 0 Å². The van der Waals surface area contributed by atoms with E-state index in [0.29, 0.717) is 6.54 Å². The van der Waals surface area contributed by atoms with E-state index in [1.54, 1.807) is 11.9 Å². The van der Waals surface area contributed by atoms with E-state index in [0.717, 1.165) is 4.90 Å². The Morgan fingerprint density at radius 1 is 1.31 bits per heavy atom. The Bertz CT molecular complexity index is 231. The number of rotatable bonds is 1. The fourth-order valence-electron chi connectivity index (χ4n) is 1.36. The zero-order valence-electron chi connectivity index (χ0n) is 7.30. The van der Waals surface area contributed by atoms with Crippen LogP contribution in [0.5, 0.6) is 0 Å². The van der Waals surface area contributed by atoms with Gasteiger partial charge < -0.3 is 15.1 Å². The first-order valence-electron chi connectivity index (χ1n) is 3.93. The van der Waals surface area contributed by atoms with Crippen molar-refractivity contribution in [3.63, 3.8) is 0 Å². The maximum Gasteiger partial charge on any atom is 0.408 e. The predicted octanol–water partition coefficient (Wildman–Crippen LogP) is -0.635. The summed E-state index contributed by atoms with van der Waals surface area (Å²) in [6, 6.07) is -0.934. The third kappa shape index (κ3) is 2.09. The van der Waals surface area contributed by atoms with E-state index >= 15 is 0 Å². The van der Waals surface area contributed by atoms with Crippen LogP contribution in [0.25, 0.3) is 0 Å². The summed E-state index contributed by atoms with van der Waals surface area (Å²) < 4.78 is 0. The maximum atomic E-state index is 10.7. The predicted molar refractivity (Wildman–Crippen MR) is 43.7 cm³/mol. The molecule has 6 nitrogen and oxygen atoms in total. The molecule has 1 fully saturated rings. The van der Waals surface area contributed by atoms with E-state index in [1.807, 2.05) is 0 Å². The topological polar surface area (TPSA) is 81.1 Å². The van der Waals surface area contributed by atoms with Crippen LogP contribution in [0.2, 0.25) is 0 Å². The molecule has 1 saturated heterocycles. The molecular formula is C7H12N2O4. The van der Waals surface area contributed by atoms with Gasteiger partial charge in [0.25, 0.3) is 0 Å². The van der Waals surface area contributed by atoms with Crippen molar-refractivity contribution in [2.24, 2.45) is 0 Å². The fraction of sp³-hybridized carbons (Fsp3) is 0.714. The highest BCUT2D eigenvalue weighted by atomic mass is 16.4. The quantitative estimate of drug-likeness (QED) is 0.572. The molecule has 1 aliphatic rings. The number of piperazine rings is 1. The highest BCUT2D eigenvalue weighted by Crippen LogP contribution is 2.08. The summed E-state index contributed by atoms with van der Waals surface area (Å²) in [7, 11) is 1.77. The van der Waals surface area contributed by atoms with Gasteiger partial charge in [-0.05, 0) is 7.05 Å². The second-order valence-corrected chi connectivity index (χ2v) is 3.09. The molecule has 2 N–H and O–H groups in total. The molecule has 1 unspecified atom stereocenters. The Hall–Kier alpha value is -1.30. The molecule has 0 saturated carbocycles. The minimum atomic E-state index is -1.17. The highest BCUT2D eigenvalue weighted by molar-refractivity contribution is 5.79. The zero-order valence-corrected chi connectivity index (χ0v) is 7.30.